The Bertz CT molecular complexity index is 855. The number of thiazole rings is 1. The summed E-state index contributed by atoms with van der Waals surface area (Å²) < 4.78 is 9.78. The van der Waals surface area contributed by atoms with Crippen LogP contribution in [0, 0.1) is 0 Å². The molecule has 9 heteroatoms. The van der Waals surface area contributed by atoms with E-state index in [4.69, 9.17) is 4.74 Å². The predicted molar refractivity (Wildman–Crippen MR) is 106 cm³/mol. The van der Waals surface area contributed by atoms with Gasteiger partial charge in [-0.15, -0.1) is 11.3 Å². The number of nitrogens with one attached hydrogen (secondary N) is 2. The highest BCUT2D eigenvalue weighted by Crippen LogP contribution is 2.25. The van der Waals surface area contributed by atoms with Crippen LogP contribution in [0.4, 0.5) is 10.5 Å². The second-order valence-corrected chi connectivity index (χ2v) is 7.82. The minimum absolute atomic E-state index is 0.215. The van der Waals surface area contributed by atoms with Crippen LogP contribution in [-0.2, 0) is 14.3 Å². The Morgan fingerprint density at radius 1 is 1.14 bits per heavy atom. The summed E-state index contributed by atoms with van der Waals surface area (Å²) in [7, 11) is 1.26. The third-order valence-corrected chi connectivity index (χ3v) is 4.31. The molecule has 0 aliphatic heterocycles. The zero-order valence-electron chi connectivity index (χ0n) is 16.4. The van der Waals surface area contributed by atoms with Gasteiger partial charge in [-0.1, -0.05) is 0 Å². The summed E-state index contributed by atoms with van der Waals surface area (Å²) in [6.45, 7) is 6.90. The zero-order chi connectivity index (χ0) is 20.9. The van der Waals surface area contributed by atoms with E-state index < -0.39 is 29.6 Å². The van der Waals surface area contributed by atoms with Crippen molar-refractivity contribution in [2.75, 3.05) is 12.4 Å². The topological polar surface area (TPSA) is 107 Å². The lowest BCUT2D eigenvalue weighted by Gasteiger charge is -2.19. The molecule has 0 saturated carbocycles. The molecule has 0 saturated heterocycles. The lowest BCUT2D eigenvalue weighted by Crippen LogP contribution is -2.39. The van der Waals surface area contributed by atoms with Crippen molar-refractivity contribution in [2.45, 2.75) is 39.3 Å². The van der Waals surface area contributed by atoms with Crippen LogP contribution in [0.25, 0.3) is 10.6 Å². The molecule has 1 aromatic heterocycles. The standard InChI is InChI=1S/C19H23N3O5S/c1-11(17(24)26-5)20-15(23)14-10-28-16(22-14)12-6-8-13(9-7-12)21-18(25)27-19(2,3)4/h6-11H,1-5H3,(H,20,23)(H,21,25)/t11-/m0/s1. The molecule has 1 aromatic carbocycles. The molecule has 0 unspecified atom stereocenters. The summed E-state index contributed by atoms with van der Waals surface area (Å²) in [6, 6.07) is 6.24. The molecule has 150 valence electrons. The molecule has 0 aliphatic rings. The van der Waals surface area contributed by atoms with E-state index in [1.165, 1.54) is 25.4 Å². The molecule has 1 atom stereocenters. The normalized spacial score (nSPS) is 12.0. The van der Waals surface area contributed by atoms with E-state index in [0.717, 1.165) is 5.56 Å². The number of ether oxygens (including phenoxy) is 2. The van der Waals surface area contributed by atoms with Gasteiger partial charge in [0.15, 0.2) is 0 Å². The van der Waals surface area contributed by atoms with Gasteiger partial charge >= 0.3 is 12.1 Å². The van der Waals surface area contributed by atoms with Crippen LogP contribution in [0.2, 0.25) is 0 Å². The van der Waals surface area contributed by atoms with Crippen LogP contribution in [0.5, 0.6) is 0 Å². The van der Waals surface area contributed by atoms with Gasteiger partial charge in [0.05, 0.1) is 7.11 Å². The number of carbonyl (C=O) groups is 3. The molecule has 0 bridgehead atoms. The average Bonchev–Trinajstić information content (AvgIpc) is 3.10. The summed E-state index contributed by atoms with van der Waals surface area (Å²) in [5.74, 6) is -0.986. The van der Waals surface area contributed by atoms with E-state index >= 15 is 0 Å². The first kappa shape index (κ1) is 21.4. The number of amides is 2. The summed E-state index contributed by atoms with van der Waals surface area (Å²) in [6.07, 6.45) is -0.534. The molecule has 0 fully saturated rings. The fourth-order valence-corrected chi connectivity index (χ4v) is 2.94. The van der Waals surface area contributed by atoms with Gasteiger partial charge in [0, 0.05) is 16.6 Å². The molecule has 2 amide bonds. The van der Waals surface area contributed by atoms with Crippen molar-refractivity contribution in [3.8, 4) is 10.6 Å². The van der Waals surface area contributed by atoms with Crippen LogP contribution in [0.1, 0.15) is 38.2 Å². The van der Waals surface area contributed by atoms with Crippen LogP contribution in [0.3, 0.4) is 0 Å². The number of rotatable bonds is 5. The van der Waals surface area contributed by atoms with E-state index in [1.54, 1.807) is 50.4 Å². The van der Waals surface area contributed by atoms with Crippen LogP contribution >= 0.6 is 11.3 Å². The highest BCUT2D eigenvalue weighted by Gasteiger charge is 2.19. The van der Waals surface area contributed by atoms with Crippen molar-refractivity contribution in [1.29, 1.82) is 0 Å². The van der Waals surface area contributed by atoms with Crippen molar-refractivity contribution < 1.29 is 23.9 Å². The first-order valence-electron chi connectivity index (χ1n) is 8.53. The Morgan fingerprint density at radius 3 is 2.36 bits per heavy atom. The molecular formula is C19H23N3O5S. The predicted octanol–water partition coefficient (Wildman–Crippen LogP) is 3.45. The second-order valence-electron chi connectivity index (χ2n) is 6.96. The molecule has 28 heavy (non-hydrogen) atoms. The number of nitrogens with zero attached hydrogens (tertiary/aromatic N) is 1. The molecule has 0 spiro atoms. The van der Waals surface area contributed by atoms with Crippen molar-refractivity contribution in [2.24, 2.45) is 0 Å². The average molecular weight is 405 g/mol. The second kappa shape index (κ2) is 8.83. The first-order chi connectivity index (χ1) is 13.1. The van der Waals surface area contributed by atoms with Gasteiger partial charge in [0.1, 0.15) is 22.3 Å². The minimum Gasteiger partial charge on any atom is -0.467 e. The fourth-order valence-electron chi connectivity index (χ4n) is 2.13. The highest BCUT2D eigenvalue weighted by molar-refractivity contribution is 7.13. The summed E-state index contributed by atoms with van der Waals surface area (Å²) in [5, 5.41) is 7.43. The number of hydrogen-bond acceptors (Lipinski definition) is 7. The Labute approximate surface area is 167 Å². The number of hydrogen-bond donors (Lipinski definition) is 2. The van der Waals surface area contributed by atoms with Crippen molar-refractivity contribution >= 4 is 35.0 Å². The van der Waals surface area contributed by atoms with E-state index in [1.807, 2.05) is 0 Å². The Morgan fingerprint density at radius 2 is 1.79 bits per heavy atom. The number of anilines is 1. The maximum Gasteiger partial charge on any atom is 0.412 e. The highest BCUT2D eigenvalue weighted by atomic mass is 32.1. The quantitative estimate of drug-likeness (QED) is 0.738. The van der Waals surface area contributed by atoms with Gasteiger partial charge in [0.25, 0.3) is 5.91 Å². The van der Waals surface area contributed by atoms with Crippen LogP contribution in [0.15, 0.2) is 29.6 Å². The smallest absolute Gasteiger partial charge is 0.412 e. The molecule has 0 radical (unpaired) electrons. The van der Waals surface area contributed by atoms with Gasteiger partial charge < -0.3 is 14.8 Å². The molecule has 1 heterocycles. The molecule has 8 nitrogen and oxygen atoms in total. The van der Waals surface area contributed by atoms with E-state index in [9.17, 15) is 14.4 Å². The largest absolute Gasteiger partial charge is 0.467 e. The third-order valence-electron chi connectivity index (χ3n) is 3.42. The maximum atomic E-state index is 12.2. The lowest BCUT2D eigenvalue weighted by atomic mass is 10.2. The van der Waals surface area contributed by atoms with Gasteiger partial charge in [-0.2, -0.15) is 0 Å². The summed E-state index contributed by atoms with van der Waals surface area (Å²) >= 11 is 1.30. The van der Waals surface area contributed by atoms with Crippen molar-refractivity contribution in [1.82, 2.24) is 10.3 Å². The molecule has 2 aromatic rings. The number of benzene rings is 1. The number of methoxy groups -OCH3 is 1. The minimum atomic E-state index is -0.763. The number of esters is 1. The maximum absolute atomic E-state index is 12.2. The number of aromatic nitrogens is 1. The molecular weight excluding hydrogens is 382 g/mol. The zero-order valence-corrected chi connectivity index (χ0v) is 17.2. The van der Waals surface area contributed by atoms with E-state index in [-0.39, 0.29) is 5.69 Å². The summed E-state index contributed by atoms with van der Waals surface area (Å²) in [5.41, 5.74) is 1.01. The lowest BCUT2D eigenvalue weighted by molar-refractivity contribution is -0.142. The molecule has 0 aliphatic carbocycles. The third kappa shape index (κ3) is 6.05. The van der Waals surface area contributed by atoms with Crippen LogP contribution < -0.4 is 10.6 Å². The number of carbonyl (C=O) groups excluding carboxylic acids is 3. The van der Waals surface area contributed by atoms with E-state index in [0.29, 0.717) is 10.7 Å². The van der Waals surface area contributed by atoms with Gasteiger partial charge in [-0.3, -0.25) is 10.1 Å². The molecule has 2 rings (SSSR count). The van der Waals surface area contributed by atoms with Gasteiger partial charge in [0.2, 0.25) is 0 Å². The van der Waals surface area contributed by atoms with E-state index in [2.05, 4.69) is 20.4 Å². The Kier molecular flexibility index (Phi) is 6.74. The van der Waals surface area contributed by atoms with Crippen LogP contribution in [-0.4, -0.2) is 41.7 Å². The fraction of sp³-hybridized carbons (Fsp3) is 0.368. The van der Waals surface area contributed by atoms with Crippen molar-refractivity contribution in [3.63, 3.8) is 0 Å². The first-order valence-corrected chi connectivity index (χ1v) is 9.41. The van der Waals surface area contributed by atoms with Crippen molar-refractivity contribution in [3.05, 3.63) is 35.3 Å². The molecule has 2 N–H and O–H groups in total. The Hall–Kier alpha value is -2.94. The monoisotopic (exact) mass is 405 g/mol. The SMILES string of the molecule is COC(=O)[C@H](C)NC(=O)c1csc(-c2ccc(NC(=O)OC(C)(C)C)cc2)n1. The Balaban J connectivity index is 2.02. The van der Waals surface area contributed by atoms with Gasteiger partial charge in [-0.25, -0.2) is 14.6 Å². The summed E-state index contributed by atoms with van der Waals surface area (Å²) in [4.78, 5) is 39.7. The van der Waals surface area contributed by atoms with Gasteiger partial charge in [-0.05, 0) is 52.0 Å².